The molecule has 4 amide bonds. The van der Waals surface area contributed by atoms with Crippen LogP contribution in [0.25, 0.3) is 0 Å². The van der Waals surface area contributed by atoms with E-state index in [0.717, 1.165) is 79.7 Å². The normalized spacial score (nSPS) is 13.5. The lowest BCUT2D eigenvalue weighted by atomic mass is 10.1. The van der Waals surface area contributed by atoms with Crippen molar-refractivity contribution in [2.45, 2.75) is 50.4 Å². The summed E-state index contributed by atoms with van der Waals surface area (Å²) in [5.41, 5.74) is 4.74. The molecule has 0 unspecified atom stereocenters. The molecule has 0 aromatic heterocycles. The number of halogens is 3. The van der Waals surface area contributed by atoms with Crippen molar-refractivity contribution in [2.24, 2.45) is 0 Å². The topological polar surface area (TPSA) is 108 Å². The third-order valence-corrected chi connectivity index (χ3v) is 10.1. The van der Waals surface area contributed by atoms with Crippen LogP contribution in [0.15, 0.2) is 97.1 Å². The number of nitrogens with one attached hydrogen (secondary N) is 1. The minimum absolute atomic E-state index is 0.00549. The zero-order chi connectivity index (χ0) is 39.6. The van der Waals surface area contributed by atoms with Crippen molar-refractivity contribution in [2.75, 3.05) is 50.6 Å². The van der Waals surface area contributed by atoms with Gasteiger partial charge in [0, 0.05) is 52.9 Å². The van der Waals surface area contributed by atoms with Crippen molar-refractivity contribution in [3.05, 3.63) is 129 Å². The van der Waals surface area contributed by atoms with Gasteiger partial charge in [0.15, 0.2) is 0 Å². The molecule has 6 rings (SSSR count). The first-order chi connectivity index (χ1) is 26.6. The van der Waals surface area contributed by atoms with E-state index in [0.29, 0.717) is 27.7 Å². The van der Waals surface area contributed by atoms with E-state index in [-0.39, 0.29) is 24.0 Å². The van der Waals surface area contributed by atoms with Gasteiger partial charge in [-0.3, -0.25) is 4.90 Å². The standard InChI is InChI=1S/C21H23ClN2O3.C12H15ClN2O.C9H9BrO2/c1-27-20(25)17-7-5-16(6-8-17)15-24(19-11-9-18(22)10-12-19)21(26)23-13-3-2-4-14-23;13-10-4-6-11(7-5-10)14-12(16)15-8-2-1-3-9-15;1-12-9(11)8-4-2-7(6-10)3-5-8/h5-12H,2-4,13-15H2,1H3;4-7H,1-3,8-9H2,(H,14,16);2-5H,6H2,1H3. The molecule has 2 fully saturated rings. The highest BCUT2D eigenvalue weighted by Gasteiger charge is 2.24. The molecule has 13 heteroatoms. The number of ether oxygens (including phenoxy) is 2. The Morgan fingerprint density at radius 1 is 0.618 bits per heavy atom. The summed E-state index contributed by atoms with van der Waals surface area (Å²) in [6.07, 6.45) is 6.68. The Hall–Kier alpha value is -4.58. The monoisotopic (exact) mass is 852 g/mol. The lowest BCUT2D eigenvalue weighted by Crippen LogP contribution is -2.45. The predicted octanol–water partition coefficient (Wildman–Crippen LogP) is 10.5. The molecular formula is C42H47BrCl2N4O6. The molecular weight excluding hydrogens is 807 g/mol. The summed E-state index contributed by atoms with van der Waals surface area (Å²) >= 11 is 15.1. The van der Waals surface area contributed by atoms with E-state index in [2.05, 4.69) is 26.0 Å². The van der Waals surface area contributed by atoms with Gasteiger partial charge in [-0.2, -0.15) is 0 Å². The van der Waals surface area contributed by atoms with Gasteiger partial charge in [-0.25, -0.2) is 19.2 Å². The van der Waals surface area contributed by atoms with Gasteiger partial charge in [-0.15, -0.1) is 0 Å². The zero-order valence-corrected chi connectivity index (χ0v) is 34.2. The maximum absolute atomic E-state index is 13.2. The van der Waals surface area contributed by atoms with E-state index in [1.165, 1.54) is 27.1 Å². The van der Waals surface area contributed by atoms with E-state index >= 15 is 0 Å². The summed E-state index contributed by atoms with van der Waals surface area (Å²) in [4.78, 5) is 53.1. The number of carbonyl (C=O) groups excluding carboxylic acids is 4. The smallest absolute Gasteiger partial charge is 0.337 e. The first-order valence-electron chi connectivity index (χ1n) is 18.2. The molecule has 2 aliphatic rings. The van der Waals surface area contributed by atoms with Gasteiger partial charge in [0.05, 0.1) is 31.9 Å². The maximum Gasteiger partial charge on any atom is 0.337 e. The number of nitrogens with zero attached hydrogens (tertiary/aromatic N) is 3. The zero-order valence-electron chi connectivity index (χ0n) is 31.1. The van der Waals surface area contributed by atoms with Crippen molar-refractivity contribution in [3.63, 3.8) is 0 Å². The number of esters is 2. The summed E-state index contributed by atoms with van der Waals surface area (Å²) in [5.74, 6) is -0.670. The molecule has 0 saturated carbocycles. The Kier molecular flexibility index (Phi) is 17.8. The summed E-state index contributed by atoms with van der Waals surface area (Å²) < 4.78 is 9.29. The average Bonchev–Trinajstić information content (AvgIpc) is 3.24. The SMILES string of the molecule is COC(=O)c1ccc(CBr)cc1.COC(=O)c1ccc(CN(C(=O)N2CCCCC2)c2ccc(Cl)cc2)cc1.O=C(Nc1ccc(Cl)cc1)N1CCCCC1. The third-order valence-electron chi connectivity index (χ3n) is 8.98. The van der Waals surface area contributed by atoms with Gasteiger partial charge in [-0.1, -0.05) is 63.4 Å². The lowest BCUT2D eigenvalue weighted by molar-refractivity contribution is 0.0592. The summed E-state index contributed by atoms with van der Waals surface area (Å²) in [6, 6.07) is 28.8. The number of hydrogen-bond acceptors (Lipinski definition) is 6. The van der Waals surface area contributed by atoms with Crippen molar-refractivity contribution >= 4 is 74.5 Å². The number of hydrogen-bond donors (Lipinski definition) is 1. The average molecular weight is 855 g/mol. The molecule has 292 valence electrons. The fourth-order valence-corrected chi connectivity index (χ4v) is 6.50. The van der Waals surface area contributed by atoms with E-state index in [4.69, 9.17) is 27.9 Å². The molecule has 2 saturated heterocycles. The molecule has 0 radical (unpaired) electrons. The molecule has 4 aromatic carbocycles. The molecule has 4 aromatic rings. The lowest BCUT2D eigenvalue weighted by Gasteiger charge is -2.33. The highest BCUT2D eigenvalue weighted by Crippen LogP contribution is 2.24. The first-order valence-corrected chi connectivity index (χ1v) is 20.0. The largest absolute Gasteiger partial charge is 0.465 e. The van der Waals surface area contributed by atoms with Crippen LogP contribution in [-0.2, 0) is 21.3 Å². The number of amides is 4. The van der Waals surface area contributed by atoms with Crippen LogP contribution in [0.4, 0.5) is 21.0 Å². The highest BCUT2D eigenvalue weighted by molar-refractivity contribution is 9.08. The number of likely N-dealkylation sites (tertiary alicyclic amines) is 2. The minimum atomic E-state index is -0.375. The van der Waals surface area contributed by atoms with Crippen LogP contribution >= 0.6 is 39.1 Å². The molecule has 1 N–H and O–H groups in total. The third kappa shape index (κ3) is 13.9. The summed E-state index contributed by atoms with van der Waals surface area (Å²) in [5, 5.41) is 4.98. The molecule has 0 spiro atoms. The predicted molar refractivity (Wildman–Crippen MR) is 223 cm³/mol. The number of alkyl halides is 1. The summed E-state index contributed by atoms with van der Waals surface area (Å²) in [7, 11) is 2.73. The molecule has 2 heterocycles. The molecule has 0 aliphatic carbocycles. The number of rotatable bonds is 7. The van der Waals surface area contributed by atoms with Crippen molar-refractivity contribution < 1.29 is 28.7 Å². The van der Waals surface area contributed by atoms with Crippen LogP contribution in [0.5, 0.6) is 0 Å². The fourth-order valence-electron chi connectivity index (χ4n) is 5.87. The maximum atomic E-state index is 13.2. The van der Waals surface area contributed by atoms with E-state index < -0.39 is 0 Å². The second kappa shape index (κ2) is 22.7. The van der Waals surface area contributed by atoms with Crippen LogP contribution in [0.3, 0.4) is 0 Å². The van der Waals surface area contributed by atoms with Crippen LogP contribution in [0.2, 0.25) is 10.0 Å². The number of piperidine rings is 2. The van der Waals surface area contributed by atoms with Gasteiger partial charge >= 0.3 is 24.0 Å². The van der Waals surface area contributed by atoms with Crippen LogP contribution in [0, 0.1) is 0 Å². The second-order valence-corrected chi connectivity index (χ2v) is 14.3. The Morgan fingerprint density at radius 2 is 1.05 bits per heavy atom. The van der Waals surface area contributed by atoms with Crippen molar-refractivity contribution in [3.8, 4) is 0 Å². The fraction of sp³-hybridized carbons (Fsp3) is 0.333. The molecule has 10 nitrogen and oxygen atoms in total. The number of anilines is 2. The van der Waals surface area contributed by atoms with Gasteiger partial charge in [0.2, 0.25) is 0 Å². The molecule has 0 bridgehead atoms. The molecule has 2 aliphatic heterocycles. The highest BCUT2D eigenvalue weighted by atomic mass is 79.9. The molecule has 0 atom stereocenters. The summed E-state index contributed by atoms with van der Waals surface area (Å²) in [6.45, 7) is 3.70. The van der Waals surface area contributed by atoms with Crippen molar-refractivity contribution in [1.29, 1.82) is 0 Å². The quantitative estimate of drug-likeness (QED) is 0.147. The van der Waals surface area contributed by atoms with Gasteiger partial charge in [0.1, 0.15) is 0 Å². The second-order valence-electron chi connectivity index (χ2n) is 12.9. The molecule has 55 heavy (non-hydrogen) atoms. The number of urea groups is 2. The van der Waals surface area contributed by atoms with Crippen molar-refractivity contribution in [1.82, 2.24) is 9.80 Å². The number of carbonyl (C=O) groups is 4. The Balaban J connectivity index is 0.000000203. The Morgan fingerprint density at radius 3 is 1.51 bits per heavy atom. The van der Waals surface area contributed by atoms with E-state index in [9.17, 15) is 19.2 Å². The van der Waals surface area contributed by atoms with E-state index in [1.54, 1.807) is 53.4 Å². The minimum Gasteiger partial charge on any atom is -0.465 e. The number of benzene rings is 4. The van der Waals surface area contributed by atoms with Crippen LogP contribution < -0.4 is 10.2 Å². The van der Waals surface area contributed by atoms with Crippen LogP contribution in [0.1, 0.15) is 70.4 Å². The Bertz CT molecular complexity index is 1820. The first kappa shape index (κ1) is 43.2. The van der Waals surface area contributed by atoms with Gasteiger partial charge in [0.25, 0.3) is 0 Å². The van der Waals surface area contributed by atoms with Gasteiger partial charge in [-0.05, 0) is 122 Å². The van der Waals surface area contributed by atoms with Gasteiger partial charge < -0.3 is 24.6 Å². The Labute approximate surface area is 341 Å². The van der Waals surface area contributed by atoms with Crippen LogP contribution in [-0.4, -0.2) is 74.2 Å². The number of methoxy groups -OCH3 is 2. The van der Waals surface area contributed by atoms with E-state index in [1.807, 2.05) is 58.3 Å².